The van der Waals surface area contributed by atoms with Crippen molar-refractivity contribution in [3.63, 3.8) is 0 Å². The second-order valence-corrected chi connectivity index (χ2v) is 5.78. The molecule has 0 bridgehead atoms. The van der Waals surface area contributed by atoms with Gasteiger partial charge in [0.2, 0.25) is 5.82 Å². The van der Waals surface area contributed by atoms with Gasteiger partial charge in [-0.25, -0.2) is 4.98 Å². The van der Waals surface area contributed by atoms with Crippen LogP contribution >= 0.6 is 0 Å². The molecule has 6 heteroatoms. The van der Waals surface area contributed by atoms with Crippen molar-refractivity contribution in [3.8, 4) is 22.8 Å². The van der Waals surface area contributed by atoms with E-state index in [9.17, 15) is 0 Å². The first-order chi connectivity index (χ1) is 11.6. The minimum absolute atomic E-state index is 0.492. The molecule has 0 aliphatic rings. The van der Waals surface area contributed by atoms with Crippen LogP contribution in [0.1, 0.15) is 5.89 Å². The van der Waals surface area contributed by atoms with E-state index in [0.717, 1.165) is 27.9 Å². The summed E-state index contributed by atoms with van der Waals surface area (Å²) in [6, 6.07) is 13.6. The molecular weight excluding hydrogens is 304 g/mol. The van der Waals surface area contributed by atoms with Gasteiger partial charge in [-0.3, -0.25) is 0 Å². The van der Waals surface area contributed by atoms with E-state index in [1.807, 2.05) is 68.4 Å². The summed E-state index contributed by atoms with van der Waals surface area (Å²) in [6.07, 6.45) is 0. The van der Waals surface area contributed by atoms with Crippen molar-refractivity contribution in [2.45, 2.75) is 6.92 Å². The van der Waals surface area contributed by atoms with E-state index in [0.29, 0.717) is 17.6 Å². The van der Waals surface area contributed by atoms with Crippen molar-refractivity contribution in [2.75, 3.05) is 19.0 Å². The predicted octanol–water partition coefficient (Wildman–Crippen LogP) is 3.92. The summed E-state index contributed by atoms with van der Waals surface area (Å²) in [6.45, 7) is 1.82. The second-order valence-electron chi connectivity index (χ2n) is 5.78. The zero-order chi connectivity index (χ0) is 16.7. The van der Waals surface area contributed by atoms with Gasteiger partial charge in [-0.15, -0.1) is 0 Å². The number of hydrogen-bond acceptors (Lipinski definition) is 6. The Morgan fingerprint density at radius 3 is 2.42 bits per heavy atom. The highest BCUT2D eigenvalue weighted by molar-refractivity contribution is 5.78. The molecule has 0 radical (unpaired) electrons. The maximum atomic E-state index is 5.48. The van der Waals surface area contributed by atoms with Crippen LogP contribution in [-0.2, 0) is 0 Å². The Hall–Kier alpha value is -3.15. The Labute approximate surface area is 138 Å². The van der Waals surface area contributed by atoms with Crippen LogP contribution in [0.25, 0.3) is 33.9 Å². The van der Waals surface area contributed by atoms with Crippen molar-refractivity contribution < 1.29 is 8.94 Å². The molecule has 120 valence electrons. The molecule has 0 amide bonds. The van der Waals surface area contributed by atoms with Crippen molar-refractivity contribution >= 4 is 16.8 Å². The predicted molar refractivity (Wildman–Crippen MR) is 91.8 cm³/mol. The quantitative estimate of drug-likeness (QED) is 0.570. The Bertz CT molecular complexity index is 999. The smallest absolute Gasteiger partial charge is 0.258 e. The molecular formula is C18H16N4O2. The summed E-state index contributed by atoms with van der Waals surface area (Å²) in [5.41, 5.74) is 4.38. The van der Waals surface area contributed by atoms with Crippen LogP contribution in [0.4, 0.5) is 5.69 Å². The van der Waals surface area contributed by atoms with Gasteiger partial charge in [-0.2, -0.15) is 4.98 Å². The fourth-order valence-corrected chi connectivity index (χ4v) is 2.54. The van der Waals surface area contributed by atoms with Crippen LogP contribution in [0, 0.1) is 6.92 Å². The molecule has 24 heavy (non-hydrogen) atoms. The second kappa shape index (κ2) is 5.49. The summed E-state index contributed by atoms with van der Waals surface area (Å²) in [7, 11) is 4.00. The summed E-state index contributed by atoms with van der Waals surface area (Å²) < 4.78 is 10.9. The molecule has 0 unspecified atom stereocenters. The molecule has 2 aromatic heterocycles. The van der Waals surface area contributed by atoms with E-state index < -0.39 is 0 Å². The first kappa shape index (κ1) is 14.4. The van der Waals surface area contributed by atoms with Crippen LogP contribution in [0.5, 0.6) is 0 Å². The highest BCUT2D eigenvalue weighted by Crippen LogP contribution is 2.26. The fraction of sp³-hybridized carbons (Fsp3) is 0.167. The van der Waals surface area contributed by atoms with Gasteiger partial charge in [0, 0.05) is 37.8 Å². The van der Waals surface area contributed by atoms with Gasteiger partial charge in [-0.05, 0) is 42.5 Å². The van der Waals surface area contributed by atoms with E-state index in [1.165, 1.54) is 0 Å². The van der Waals surface area contributed by atoms with Gasteiger partial charge in [0.05, 0.1) is 0 Å². The molecule has 0 aliphatic carbocycles. The number of anilines is 1. The number of fused-ring (bicyclic) bond motifs is 1. The number of nitrogens with zero attached hydrogens (tertiary/aromatic N) is 4. The number of aryl methyl sites for hydroxylation is 1. The van der Waals surface area contributed by atoms with Crippen molar-refractivity contribution in [2.24, 2.45) is 0 Å². The first-order valence-electron chi connectivity index (χ1n) is 7.59. The standard InChI is InChI=1S/C18H16N4O2/c1-11-19-15-10-13(6-9-16(15)23-11)17-20-18(24-21-17)12-4-7-14(8-5-12)22(2)3/h4-10H,1-3H3. The van der Waals surface area contributed by atoms with Gasteiger partial charge in [0.25, 0.3) is 5.89 Å². The average molecular weight is 320 g/mol. The topological polar surface area (TPSA) is 68.2 Å². The third-order valence-electron chi connectivity index (χ3n) is 3.81. The fourth-order valence-electron chi connectivity index (χ4n) is 2.54. The molecule has 2 heterocycles. The lowest BCUT2D eigenvalue weighted by Gasteiger charge is -2.11. The lowest BCUT2D eigenvalue weighted by Crippen LogP contribution is -2.07. The molecule has 0 saturated carbocycles. The van der Waals surface area contributed by atoms with Gasteiger partial charge in [0.1, 0.15) is 5.52 Å². The molecule has 4 rings (SSSR count). The molecule has 4 aromatic rings. The molecule has 0 N–H and O–H groups in total. The number of benzene rings is 2. The first-order valence-corrected chi connectivity index (χ1v) is 7.59. The van der Waals surface area contributed by atoms with Gasteiger partial charge < -0.3 is 13.8 Å². The number of hydrogen-bond donors (Lipinski definition) is 0. The molecule has 0 spiro atoms. The van der Waals surface area contributed by atoms with Crippen LogP contribution < -0.4 is 4.90 Å². The van der Waals surface area contributed by atoms with Crippen molar-refractivity contribution in [1.82, 2.24) is 15.1 Å². The van der Waals surface area contributed by atoms with Crippen molar-refractivity contribution in [1.29, 1.82) is 0 Å². The highest BCUT2D eigenvalue weighted by Gasteiger charge is 2.12. The number of aromatic nitrogens is 3. The Balaban J connectivity index is 1.67. The van der Waals surface area contributed by atoms with Gasteiger partial charge in [-0.1, -0.05) is 5.16 Å². The lowest BCUT2D eigenvalue weighted by molar-refractivity contribution is 0.432. The van der Waals surface area contributed by atoms with Crippen LogP contribution in [0.2, 0.25) is 0 Å². The van der Waals surface area contributed by atoms with Crippen LogP contribution in [0.3, 0.4) is 0 Å². The van der Waals surface area contributed by atoms with Crippen molar-refractivity contribution in [3.05, 3.63) is 48.4 Å². The number of oxazole rings is 1. The van der Waals surface area contributed by atoms with E-state index in [2.05, 4.69) is 15.1 Å². The Morgan fingerprint density at radius 2 is 1.67 bits per heavy atom. The minimum atomic E-state index is 0.492. The normalized spacial score (nSPS) is 11.1. The van der Waals surface area contributed by atoms with E-state index >= 15 is 0 Å². The molecule has 0 fully saturated rings. The third kappa shape index (κ3) is 2.52. The zero-order valence-electron chi connectivity index (χ0n) is 13.6. The molecule has 2 aromatic carbocycles. The van der Waals surface area contributed by atoms with E-state index in [4.69, 9.17) is 8.94 Å². The monoisotopic (exact) mass is 320 g/mol. The van der Waals surface area contributed by atoms with E-state index in [-0.39, 0.29) is 0 Å². The minimum Gasteiger partial charge on any atom is -0.441 e. The summed E-state index contributed by atoms with van der Waals surface area (Å²) in [5.74, 6) is 1.66. The SMILES string of the molecule is Cc1nc2cc(-c3noc(-c4ccc(N(C)C)cc4)n3)ccc2o1. The molecule has 6 nitrogen and oxygen atoms in total. The molecule has 0 saturated heterocycles. The maximum Gasteiger partial charge on any atom is 0.258 e. The third-order valence-corrected chi connectivity index (χ3v) is 3.81. The number of rotatable bonds is 3. The van der Waals surface area contributed by atoms with Crippen LogP contribution in [-0.4, -0.2) is 29.2 Å². The average Bonchev–Trinajstić information content (AvgIpc) is 3.19. The molecule has 0 aliphatic heterocycles. The summed E-state index contributed by atoms with van der Waals surface area (Å²) >= 11 is 0. The van der Waals surface area contributed by atoms with E-state index in [1.54, 1.807) is 0 Å². The summed E-state index contributed by atoms with van der Waals surface area (Å²) in [5, 5.41) is 4.08. The van der Waals surface area contributed by atoms with Gasteiger partial charge >= 0.3 is 0 Å². The Morgan fingerprint density at radius 1 is 0.917 bits per heavy atom. The molecule has 0 atom stereocenters. The largest absolute Gasteiger partial charge is 0.441 e. The van der Waals surface area contributed by atoms with Gasteiger partial charge in [0.15, 0.2) is 11.5 Å². The Kier molecular flexibility index (Phi) is 3.30. The zero-order valence-corrected chi connectivity index (χ0v) is 13.6. The lowest BCUT2D eigenvalue weighted by atomic mass is 10.2. The maximum absolute atomic E-state index is 5.48. The summed E-state index contributed by atoms with van der Waals surface area (Å²) in [4.78, 5) is 10.9. The highest BCUT2D eigenvalue weighted by atomic mass is 16.5. The van der Waals surface area contributed by atoms with Crippen LogP contribution in [0.15, 0.2) is 51.4 Å².